The molecule has 34 heavy (non-hydrogen) atoms. The lowest BCUT2D eigenvalue weighted by Gasteiger charge is -2.24. The highest BCUT2D eigenvalue weighted by Crippen LogP contribution is 2.37. The van der Waals surface area contributed by atoms with Crippen LogP contribution < -0.4 is 4.73 Å². The Morgan fingerprint density at radius 1 is 0.824 bits per heavy atom. The van der Waals surface area contributed by atoms with Gasteiger partial charge in [0, 0.05) is 40.4 Å². The van der Waals surface area contributed by atoms with Crippen molar-refractivity contribution in [2.24, 2.45) is 0 Å². The first-order valence-electron chi connectivity index (χ1n) is 11.0. The van der Waals surface area contributed by atoms with Gasteiger partial charge in [-0.1, -0.05) is 36.4 Å². The molecule has 5 nitrogen and oxygen atoms in total. The van der Waals surface area contributed by atoms with Crippen molar-refractivity contribution >= 4 is 31.6 Å². The van der Waals surface area contributed by atoms with Crippen LogP contribution >= 0.6 is 0 Å². The molecule has 2 aromatic heterocycles. The number of sulfone groups is 1. The first-order valence-corrected chi connectivity index (χ1v) is 12.9. The monoisotopic (exact) mass is 468 g/mol. The third kappa shape index (κ3) is 3.70. The number of fused-ring (bicyclic) bond motifs is 2. The van der Waals surface area contributed by atoms with Crippen molar-refractivity contribution in [2.45, 2.75) is 18.6 Å². The highest BCUT2D eigenvalue weighted by atomic mass is 32.2. The largest absolute Gasteiger partial charge is 0.618 e. The van der Waals surface area contributed by atoms with Gasteiger partial charge in [-0.05, 0) is 66.9 Å². The molecule has 0 aliphatic rings. The maximum atomic E-state index is 12.6. The van der Waals surface area contributed by atoms with Gasteiger partial charge in [0.1, 0.15) is 0 Å². The van der Waals surface area contributed by atoms with Crippen LogP contribution in [-0.2, 0) is 14.6 Å². The van der Waals surface area contributed by atoms with Crippen molar-refractivity contribution in [1.82, 2.24) is 4.98 Å². The number of aromatic nitrogens is 2. The minimum absolute atomic E-state index is 0.619. The van der Waals surface area contributed by atoms with Crippen molar-refractivity contribution in [1.29, 1.82) is 0 Å². The average molecular weight is 469 g/mol. The minimum Gasteiger partial charge on any atom is -0.618 e. The van der Waals surface area contributed by atoms with Crippen LogP contribution in [0.1, 0.15) is 19.4 Å². The molecular formula is C28H24N2O3S. The predicted octanol–water partition coefficient (Wildman–Crippen LogP) is 5.64. The summed E-state index contributed by atoms with van der Waals surface area (Å²) in [5.41, 5.74) is 5.57. The highest BCUT2D eigenvalue weighted by Gasteiger charge is 2.33. The summed E-state index contributed by atoms with van der Waals surface area (Å²) < 4.78 is 25.0. The fraction of sp³-hybridized carbons (Fsp3) is 0.143. The van der Waals surface area contributed by atoms with Crippen molar-refractivity contribution in [2.75, 3.05) is 6.26 Å². The summed E-state index contributed by atoms with van der Waals surface area (Å²) in [5, 5.41) is 14.3. The fourth-order valence-corrected chi connectivity index (χ4v) is 4.76. The lowest BCUT2D eigenvalue weighted by atomic mass is 9.92. The summed E-state index contributed by atoms with van der Waals surface area (Å²) >= 11 is 0. The zero-order chi connectivity index (χ0) is 24.1. The Labute approximate surface area is 198 Å². The summed E-state index contributed by atoms with van der Waals surface area (Å²) in [6.45, 7) is 3.45. The van der Waals surface area contributed by atoms with Crippen LogP contribution in [0.25, 0.3) is 44.1 Å². The summed E-state index contributed by atoms with van der Waals surface area (Å²) in [7, 11) is -3.36. The second-order valence-electron chi connectivity index (χ2n) is 9.08. The average Bonchev–Trinajstić information content (AvgIpc) is 2.82. The van der Waals surface area contributed by atoms with Gasteiger partial charge in [0.25, 0.3) is 0 Å². The standard InChI is InChI=1S/C28H24N2O3S/c1-28(2,34(3,32)33)24-16-22-11-7-13-29-27(22)25(17-24)20-10-6-9-19(14-20)23-15-21-8-4-5-12-26(21)30(31)18-23/h4-18H,1-3H3. The number of nitrogens with zero attached hydrogens (tertiary/aromatic N) is 2. The number of hydrogen-bond acceptors (Lipinski definition) is 4. The smallest absolute Gasteiger partial charge is 0.223 e. The second kappa shape index (κ2) is 7.92. The lowest BCUT2D eigenvalue weighted by Crippen LogP contribution is -2.28. The third-order valence-electron chi connectivity index (χ3n) is 6.58. The number of hydrogen-bond donors (Lipinski definition) is 0. The molecule has 0 spiro atoms. The molecule has 0 atom stereocenters. The first kappa shape index (κ1) is 22.0. The Bertz CT molecular complexity index is 1670. The fourth-order valence-electron chi connectivity index (χ4n) is 4.21. The van der Waals surface area contributed by atoms with Gasteiger partial charge in [-0.25, -0.2) is 8.42 Å². The molecule has 0 aliphatic heterocycles. The molecule has 0 saturated carbocycles. The minimum atomic E-state index is -3.36. The van der Waals surface area contributed by atoms with E-state index in [4.69, 9.17) is 0 Å². The van der Waals surface area contributed by atoms with E-state index in [9.17, 15) is 13.6 Å². The normalized spacial score (nSPS) is 12.3. The van der Waals surface area contributed by atoms with Gasteiger partial charge < -0.3 is 5.21 Å². The maximum absolute atomic E-state index is 12.6. The second-order valence-corrected chi connectivity index (χ2v) is 11.6. The van der Waals surface area contributed by atoms with E-state index >= 15 is 0 Å². The van der Waals surface area contributed by atoms with Crippen LogP contribution in [0.3, 0.4) is 0 Å². The molecule has 0 saturated heterocycles. The van der Waals surface area contributed by atoms with Crippen molar-refractivity contribution in [3.05, 3.63) is 102 Å². The van der Waals surface area contributed by atoms with Gasteiger partial charge in [-0.2, -0.15) is 4.73 Å². The lowest BCUT2D eigenvalue weighted by molar-refractivity contribution is -0.576. The van der Waals surface area contributed by atoms with Crippen molar-refractivity contribution in [3.63, 3.8) is 0 Å². The van der Waals surface area contributed by atoms with Crippen LogP contribution in [0, 0.1) is 5.21 Å². The van der Waals surface area contributed by atoms with Crippen LogP contribution in [0.15, 0.2) is 91.3 Å². The third-order valence-corrected chi connectivity index (χ3v) is 8.67. The van der Waals surface area contributed by atoms with Gasteiger partial charge in [-0.3, -0.25) is 4.98 Å². The molecule has 2 heterocycles. The van der Waals surface area contributed by atoms with Gasteiger partial charge >= 0.3 is 0 Å². The van der Waals surface area contributed by atoms with Gasteiger partial charge in [0.2, 0.25) is 5.52 Å². The van der Waals surface area contributed by atoms with E-state index in [1.165, 1.54) is 6.26 Å². The summed E-state index contributed by atoms with van der Waals surface area (Å²) in [4.78, 5) is 4.60. The zero-order valence-electron chi connectivity index (χ0n) is 19.2. The quantitative estimate of drug-likeness (QED) is 0.253. The molecule has 0 bridgehead atoms. The summed E-state index contributed by atoms with van der Waals surface area (Å²) in [6.07, 6.45) is 4.58. The molecule has 0 radical (unpaired) electrons. The van der Waals surface area contributed by atoms with E-state index in [2.05, 4.69) is 4.98 Å². The zero-order valence-corrected chi connectivity index (χ0v) is 20.0. The highest BCUT2D eigenvalue weighted by molar-refractivity contribution is 7.91. The Balaban J connectivity index is 1.72. The number of pyridine rings is 2. The Hall–Kier alpha value is -3.77. The number of benzene rings is 3. The van der Waals surface area contributed by atoms with Crippen molar-refractivity contribution in [3.8, 4) is 22.3 Å². The molecule has 0 fully saturated rings. The Kier molecular flexibility index (Phi) is 5.14. The van der Waals surface area contributed by atoms with Crippen molar-refractivity contribution < 1.29 is 13.1 Å². The van der Waals surface area contributed by atoms with E-state index in [-0.39, 0.29) is 0 Å². The van der Waals surface area contributed by atoms with E-state index in [0.717, 1.165) is 43.3 Å². The Morgan fingerprint density at radius 2 is 1.56 bits per heavy atom. The molecule has 170 valence electrons. The summed E-state index contributed by atoms with van der Waals surface area (Å²) in [5.74, 6) is 0. The van der Waals surface area contributed by atoms with Crippen LogP contribution in [0.4, 0.5) is 0 Å². The molecule has 0 unspecified atom stereocenters. The number of rotatable bonds is 4. The molecule has 0 amide bonds. The van der Waals surface area contributed by atoms with Crippen LogP contribution in [0.2, 0.25) is 0 Å². The Morgan fingerprint density at radius 3 is 2.35 bits per heavy atom. The molecule has 0 N–H and O–H groups in total. The summed E-state index contributed by atoms with van der Waals surface area (Å²) in [6, 6.07) is 25.0. The topological polar surface area (TPSA) is 74.0 Å². The van der Waals surface area contributed by atoms with Gasteiger partial charge in [0.05, 0.1) is 10.3 Å². The molecule has 5 rings (SSSR count). The van der Waals surface area contributed by atoms with E-state index in [0.29, 0.717) is 11.1 Å². The number of para-hydroxylation sites is 1. The molecule has 3 aromatic carbocycles. The maximum Gasteiger partial charge on any atom is 0.223 e. The van der Waals surface area contributed by atoms with E-state index in [1.54, 1.807) is 32.3 Å². The first-order chi connectivity index (χ1) is 16.1. The molecule has 5 aromatic rings. The predicted molar refractivity (Wildman–Crippen MR) is 137 cm³/mol. The van der Waals surface area contributed by atoms with E-state index in [1.807, 2.05) is 72.8 Å². The van der Waals surface area contributed by atoms with Crippen LogP contribution in [-0.4, -0.2) is 19.7 Å². The van der Waals surface area contributed by atoms with E-state index < -0.39 is 14.6 Å². The van der Waals surface area contributed by atoms with Gasteiger partial charge in [-0.15, -0.1) is 0 Å². The molecular weight excluding hydrogens is 444 g/mol. The van der Waals surface area contributed by atoms with Gasteiger partial charge in [0.15, 0.2) is 16.0 Å². The van der Waals surface area contributed by atoms with Crippen LogP contribution in [0.5, 0.6) is 0 Å². The molecule has 6 heteroatoms. The molecule has 0 aliphatic carbocycles. The SMILES string of the molecule is CC(C)(c1cc(-c2cccc(-c3cc4ccccc4[n+]([O-])c3)c2)c2ncccc2c1)S(C)(=O)=O.